The first-order valence-corrected chi connectivity index (χ1v) is 11.4. The summed E-state index contributed by atoms with van der Waals surface area (Å²) < 4.78 is 10.6. The minimum absolute atomic E-state index is 0.0842. The highest BCUT2D eigenvalue weighted by Gasteiger charge is 2.27. The number of aromatic nitrogens is 1. The Balaban J connectivity index is 1.73. The van der Waals surface area contributed by atoms with Gasteiger partial charge in [0, 0.05) is 22.7 Å². The van der Waals surface area contributed by atoms with Gasteiger partial charge in [-0.1, -0.05) is 32.9 Å². The van der Waals surface area contributed by atoms with Gasteiger partial charge in [-0.15, -0.1) is 0 Å². The monoisotopic (exact) mass is 478 g/mol. The molecule has 1 heterocycles. The molecule has 2 aromatic carbocycles. The highest BCUT2D eigenvalue weighted by atomic mass is 16.5. The number of anilines is 1. The molecule has 35 heavy (non-hydrogen) atoms. The van der Waals surface area contributed by atoms with E-state index in [4.69, 9.17) is 15.2 Å². The van der Waals surface area contributed by atoms with Crippen molar-refractivity contribution in [3.05, 3.63) is 60.3 Å². The number of carbonyl (C=O) groups is 1. The SMILES string of the molecule is COc1ccc(CC(=O)NC(NC(=NCN)Nc2ccc3ncccc3c2)C(C)(C)C)cc1OC. The maximum Gasteiger partial charge on any atom is 0.226 e. The quantitative estimate of drug-likeness (QED) is 0.223. The molecule has 0 aliphatic heterocycles. The fourth-order valence-electron chi connectivity index (χ4n) is 3.50. The molecule has 0 saturated heterocycles. The van der Waals surface area contributed by atoms with Crippen LogP contribution in [-0.2, 0) is 11.2 Å². The lowest BCUT2D eigenvalue weighted by molar-refractivity contribution is -0.122. The number of pyridine rings is 1. The first-order chi connectivity index (χ1) is 16.7. The molecule has 0 saturated carbocycles. The predicted octanol–water partition coefficient (Wildman–Crippen LogP) is 3.26. The summed E-state index contributed by atoms with van der Waals surface area (Å²) in [5.41, 5.74) is 7.95. The molecule has 0 spiro atoms. The second-order valence-corrected chi connectivity index (χ2v) is 9.10. The van der Waals surface area contributed by atoms with Crippen LogP contribution >= 0.6 is 0 Å². The number of benzene rings is 2. The lowest BCUT2D eigenvalue weighted by Crippen LogP contribution is -2.56. The topological polar surface area (TPSA) is 123 Å². The Kier molecular flexibility index (Phi) is 8.48. The summed E-state index contributed by atoms with van der Waals surface area (Å²) in [6, 6.07) is 15.2. The van der Waals surface area contributed by atoms with Gasteiger partial charge in [0.25, 0.3) is 0 Å². The fourth-order valence-corrected chi connectivity index (χ4v) is 3.50. The Labute approximate surface area is 206 Å². The Morgan fingerprint density at radius 3 is 2.51 bits per heavy atom. The Hall–Kier alpha value is -3.85. The van der Waals surface area contributed by atoms with Crippen LogP contribution < -0.4 is 31.2 Å². The number of nitrogens with two attached hydrogens (primary N) is 1. The van der Waals surface area contributed by atoms with Crippen molar-refractivity contribution in [3.8, 4) is 11.5 Å². The van der Waals surface area contributed by atoms with Crippen LogP contribution in [0.1, 0.15) is 26.3 Å². The van der Waals surface area contributed by atoms with E-state index in [1.165, 1.54) is 0 Å². The fraction of sp³-hybridized carbons (Fsp3) is 0.346. The van der Waals surface area contributed by atoms with E-state index in [2.05, 4.69) is 25.9 Å². The third-order valence-corrected chi connectivity index (χ3v) is 5.38. The van der Waals surface area contributed by atoms with E-state index < -0.39 is 6.17 Å². The largest absolute Gasteiger partial charge is 0.493 e. The van der Waals surface area contributed by atoms with Crippen LogP contribution in [0.15, 0.2) is 59.7 Å². The van der Waals surface area contributed by atoms with Crippen molar-refractivity contribution in [2.45, 2.75) is 33.4 Å². The molecule has 1 atom stereocenters. The molecule has 9 heteroatoms. The van der Waals surface area contributed by atoms with E-state index >= 15 is 0 Å². The van der Waals surface area contributed by atoms with E-state index in [1.807, 2.05) is 57.2 Å². The molecule has 0 aliphatic carbocycles. The normalized spacial score (nSPS) is 12.7. The number of guanidine groups is 1. The summed E-state index contributed by atoms with van der Waals surface area (Å²) in [5.74, 6) is 1.51. The number of nitrogens with zero attached hydrogens (tertiary/aromatic N) is 2. The van der Waals surface area contributed by atoms with Crippen molar-refractivity contribution < 1.29 is 14.3 Å². The molecule has 0 bridgehead atoms. The maximum absolute atomic E-state index is 13.0. The highest BCUT2D eigenvalue weighted by molar-refractivity contribution is 5.96. The number of hydrogen-bond acceptors (Lipinski definition) is 6. The second-order valence-electron chi connectivity index (χ2n) is 9.10. The number of nitrogens with one attached hydrogen (secondary N) is 3. The number of rotatable bonds is 8. The summed E-state index contributed by atoms with van der Waals surface area (Å²) in [7, 11) is 3.14. The number of aliphatic imine (C=N–C) groups is 1. The first kappa shape index (κ1) is 25.8. The molecular formula is C26H34N6O3. The van der Waals surface area contributed by atoms with Gasteiger partial charge in [-0.25, -0.2) is 4.99 Å². The molecule has 0 aliphatic rings. The zero-order chi connectivity index (χ0) is 25.4. The van der Waals surface area contributed by atoms with Gasteiger partial charge in [0.2, 0.25) is 5.91 Å². The molecule has 0 fully saturated rings. The minimum Gasteiger partial charge on any atom is -0.493 e. The summed E-state index contributed by atoms with van der Waals surface area (Å²) in [6.07, 6.45) is 1.52. The van der Waals surface area contributed by atoms with Crippen molar-refractivity contribution in [2.75, 3.05) is 26.2 Å². The van der Waals surface area contributed by atoms with Crippen LogP contribution in [0, 0.1) is 5.41 Å². The van der Waals surface area contributed by atoms with Crippen LogP contribution in [0.5, 0.6) is 11.5 Å². The number of methoxy groups -OCH3 is 2. The van der Waals surface area contributed by atoms with Crippen molar-refractivity contribution >= 4 is 28.5 Å². The zero-order valence-corrected chi connectivity index (χ0v) is 20.9. The summed E-state index contributed by atoms with van der Waals surface area (Å²) in [4.78, 5) is 21.7. The molecule has 1 aromatic heterocycles. The maximum atomic E-state index is 13.0. The van der Waals surface area contributed by atoms with Gasteiger partial charge in [0.05, 0.1) is 32.8 Å². The van der Waals surface area contributed by atoms with Gasteiger partial charge < -0.3 is 31.2 Å². The van der Waals surface area contributed by atoms with Gasteiger partial charge >= 0.3 is 0 Å². The molecule has 9 nitrogen and oxygen atoms in total. The van der Waals surface area contributed by atoms with Gasteiger partial charge in [-0.05, 0) is 42.0 Å². The van der Waals surface area contributed by atoms with E-state index in [0.29, 0.717) is 17.5 Å². The van der Waals surface area contributed by atoms with E-state index in [0.717, 1.165) is 22.2 Å². The molecule has 1 amide bonds. The Morgan fingerprint density at radius 2 is 1.83 bits per heavy atom. The zero-order valence-electron chi connectivity index (χ0n) is 20.9. The number of amides is 1. The van der Waals surface area contributed by atoms with E-state index in [9.17, 15) is 4.79 Å². The minimum atomic E-state index is -0.421. The third kappa shape index (κ3) is 7.07. The average Bonchev–Trinajstić information content (AvgIpc) is 2.83. The average molecular weight is 479 g/mol. The molecule has 5 N–H and O–H groups in total. The van der Waals surface area contributed by atoms with Gasteiger partial charge in [-0.3, -0.25) is 9.78 Å². The van der Waals surface area contributed by atoms with E-state index in [-0.39, 0.29) is 24.4 Å². The lowest BCUT2D eigenvalue weighted by atomic mass is 9.92. The van der Waals surface area contributed by atoms with Gasteiger partial charge in [-0.2, -0.15) is 0 Å². The van der Waals surface area contributed by atoms with Gasteiger partial charge in [0.1, 0.15) is 6.17 Å². The van der Waals surface area contributed by atoms with Gasteiger partial charge in [0.15, 0.2) is 17.5 Å². The molecule has 1 unspecified atom stereocenters. The number of hydrogen-bond donors (Lipinski definition) is 4. The summed E-state index contributed by atoms with van der Waals surface area (Å²) in [5, 5.41) is 10.7. The number of ether oxygens (including phenoxy) is 2. The number of fused-ring (bicyclic) bond motifs is 1. The molecule has 0 radical (unpaired) electrons. The summed E-state index contributed by atoms with van der Waals surface area (Å²) in [6.45, 7) is 6.18. The third-order valence-electron chi connectivity index (χ3n) is 5.38. The predicted molar refractivity (Wildman–Crippen MR) is 140 cm³/mol. The van der Waals surface area contributed by atoms with Crippen LogP contribution in [0.3, 0.4) is 0 Å². The second kappa shape index (κ2) is 11.5. The molecular weight excluding hydrogens is 444 g/mol. The molecule has 3 aromatic rings. The Morgan fingerprint density at radius 1 is 1.06 bits per heavy atom. The van der Waals surface area contributed by atoms with Crippen molar-refractivity contribution in [1.29, 1.82) is 0 Å². The Bertz CT molecular complexity index is 1190. The standard InChI is InChI=1S/C26H34N6O3/c1-26(2,3)24(31-23(33)14-17-8-11-21(34-4)22(13-17)35-5)32-25(29-16-27)30-19-9-10-20-18(15-19)7-6-12-28-20/h6-13,15,24H,14,16,27H2,1-5H3,(H,31,33)(H2,29,30,32). The molecule has 3 rings (SSSR count). The van der Waals surface area contributed by atoms with Crippen molar-refractivity contribution in [1.82, 2.24) is 15.6 Å². The molecule has 186 valence electrons. The van der Waals surface area contributed by atoms with Crippen LogP contribution in [0.25, 0.3) is 10.9 Å². The van der Waals surface area contributed by atoms with E-state index in [1.54, 1.807) is 32.5 Å². The smallest absolute Gasteiger partial charge is 0.226 e. The van der Waals surface area contributed by atoms with Crippen molar-refractivity contribution in [2.24, 2.45) is 16.1 Å². The van der Waals surface area contributed by atoms with Crippen LogP contribution in [-0.4, -0.2) is 43.9 Å². The highest BCUT2D eigenvalue weighted by Crippen LogP contribution is 2.28. The first-order valence-electron chi connectivity index (χ1n) is 11.4. The van der Waals surface area contributed by atoms with Crippen molar-refractivity contribution in [3.63, 3.8) is 0 Å². The summed E-state index contributed by atoms with van der Waals surface area (Å²) >= 11 is 0. The van der Waals surface area contributed by atoms with Crippen LogP contribution in [0.4, 0.5) is 5.69 Å². The lowest BCUT2D eigenvalue weighted by Gasteiger charge is -2.33. The van der Waals surface area contributed by atoms with Crippen LogP contribution in [0.2, 0.25) is 0 Å². The number of carbonyl (C=O) groups excluding carboxylic acids is 1.